The Labute approximate surface area is 195 Å². The van der Waals surface area contributed by atoms with E-state index in [0.29, 0.717) is 37.5 Å². The Kier molecular flexibility index (Phi) is 7.80. The van der Waals surface area contributed by atoms with Crippen LogP contribution >= 0.6 is 27.7 Å². The first-order valence-electron chi connectivity index (χ1n) is 9.57. The molecule has 0 bridgehead atoms. The van der Waals surface area contributed by atoms with E-state index in [9.17, 15) is 19.2 Å². The molecule has 0 aromatic carbocycles. The molecule has 2 aromatic rings. The molecule has 1 aliphatic heterocycles. The molecule has 1 aliphatic rings. The van der Waals surface area contributed by atoms with Gasteiger partial charge in [0.15, 0.2) is 27.1 Å². The number of nitrogens with two attached hydrogens (primary N) is 1. The molecule has 3 amide bonds. The van der Waals surface area contributed by atoms with Crippen LogP contribution in [0.5, 0.6) is 0 Å². The second-order valence-corrected chi connectivity index (χ2v) is 8.29. The van der Waals surface area contributed by atoms with Crippen LogP contribution < -0.4 is 16.6 Å². The molecule has 172 valence electrons. The van der Waals surface area contributed by atoms with Gasteiger partial charge in [-0.2, -0.15) is 0 Å². The summed E-state index contributed by atoms with van der Waals surface area (Å²) >= 11 is 4.10. The van der Waals surface area contributed by atoms with E-state index in [1.54, 1.807) is 16.7 Å². The van der Waals surface area contributed by atoms with E-state index >= 15 is 0 Å². The number of amides is 3. The summed E-state index contributed by atoms with van der Waals surface area (Å²) in [5, 5.41) is 2.51. The molecule has 1 saturated heterocycles. The number of aromatic amines is 1. The van der Waals surface area contributed by atoms with Crippen molar-refractivity contribution >= 4 is 57.1 Å². The third-order valence-corrected chi connectivity index (χ3v) is 5.74. The number of aromatic nitrogens is 2. The molecular weight excluding hydrogens is 508 g/mol. The lowest BCUT2D eigenvalue weighted by atomic mass is 10.3. The molecule has 4 N–H and O–H groups in total. The highest BCUT2D eigenvalue weighted by atomic mass is 79.9. The normalized spacial score (nSPS) is 13.7. The molecule has 3 heterocycles. The minimum absolute atomic E-state index is 0.0113. The lowest BCUT2D eigenvalue weighted by Crippen LogP contribution is -2.51. The number of furan rings is 1. The van der Waals surface area contributed by atoms with Gasteiger partial charge < -0.3 is 30.0 Å². The number of halogens is 1. The van der Waals surface area contributed by atoms with Gasteiger partial charge in [-0.1, -0.05) is 11.8 Å². The van der Waals surface area contributed by atoms with Crippen LogP contribution in [-0.2, 0) is 9.53 Å². The van der Waals surface area contributed by atoms with Crippen molar-refractivity contribution < 1.29 is 23.5 Å². The molecule has 0 saturated carbocycles. The molecule has 14 heteroatoms. The fourth-order valence-electron chi connectivity index (χ4n) is 2.84. The Morgan fingerprint density at radius 2 is 1.97 bits per heavy atom. The van der Waals surface area contributed by atoms with Crippen molar-refractivity contribution in [3.63, 3.8) is 0 Å². The number of nitrogen functional groups attached to an aromatic ring is 1. The maximum Gasteiger partial charge on any atom is 0.409 e. The van der Waals surface area contributed by atoms with E-state index < -0.39 is 17.6 Å². The largest absolute Gasteiger partial charge is 0.450 e. The molecule has 0 spiro atoms. The number of hydrogen-bond donors (Lipinski definition) is 3. The van der Waals surface area contributed by atoms with Crippen LogP contribution in [0.15, 0.2) is 31.2 Å². The molecule has 3 rings (SSSR count). The number of ether oxygens (including phenoxy) is 1. The standard InChI is InChI=1S/C18H21BrN6O6S/c1-2-30-18(29)25-7-5-24(6-8-25)12(26)9-32-17-22-14(20)13(16(28)23-17)21-15(27)10-3-4-11(19)31-10/h3-4H,2,5-9H2,1H3,(H,21,27)(H3,20,22,23,28). The van der Waals surface area contributed by atoms with Gasteiger partial charge in [-0.25, -0.2) is 9.78 Å². The zero-order valence-corrected chi connectivity index (χ0v) is 19.5. The third kappa shape index (κ3) is 5.82. The van der Waals surface area contributed by atoms with E-state index in [1.165, 1.54) is 12.1 Å². The van der Waals surface area contributed by atoms with Gasteiger partial charge >= 0.3 is 6.09 Å². The first-order chi connectivity index (χ1) is 15.3. The summed E-state index contributed by atoms with van der Waals surface area (Å²) in [6.45, 7) is 3.58. The SMILES string of the molecule is CCOC(=O)N1CCN(C(=O)CSc2nc(N)c(NC(=O)c3ccc(Br)o3)c(=O)[nH]2)CC1. The Balaban J connectivity index is 1.54. The molecule has 12 nitrogen and oxygen atoms in total. The molecule has 2 aromatic heterocycles. The van der Waals surface area contributed by atoms with Crippen LogP contribution in [0.2, 0.25) is 0 Å². The van der Waals surface area contributed by atoms with Gasteiger partial charge in [-0.3, -0.25) is 19.4 Å². The molecular formula is C18H21BrN6O6S. The lowest BCUT2D eigenvalue weighted by molar-refractivity contribution is -0.129. The summed E-state index contributed by atoms with van der Waals surface area (Å²) in [6.07, 6.45) is -0.391. The van der Waals surface area contributed by atoms with Crippen molar-refractivity contribution in [2.24, 2.45) is 0 Å². The Hall–Kier alpha value is -3.00. The molecule has 1 fully saturated rings. The number of rotatable bonds is 6. The second-order valence-electron chi connectivity index (χ2n) is 6.54. The highest BCUT2D eigenvalue weighted by Crippen LogP contribution is 2.19. The van der Waals surface area contributed by atoms with Crippen LogP contribution in [0.3, 0.4) is 0 Å². The zero-order valence-electron chi connectivity index (χ0n) is 17.1. The number of piperazine rings is 1. The van der Waals surface area contributed by atoms with Gasteiger partial charge in [-0.15, -0.1) is 0 Å². The highest BCUT2D eigenvalue weighted by molar-refractivity contribution is 9.10. The second kappa shape index (κ2) is 10.5. The monoisotopic (exact) mass is 528 g/mol. The van der Waals surface area contributed by atoms with E-state index in [0.717, 1.165) is 11.8 Å². The van der Waals surface area contributed by atoms with Crippen LogP contribution in [-0.4, -0.2) is 76.2 Å². The van der Waals surface area contributed by atoms with E-state index in [-0.39, 0.29) is 34.1 Å². The van der Waals surface area contributed by atoms with E-state index in [1.807, 2.05) is 0 Å². The number of nitrogens with zero attached hydrogens (tertiary/aromatic N) is 3. The van der Waals surface area contributed by atoms with E-state index in [2.05, 4.69) is 31.2 Å². The fraction of sp³-hybridized carbons (Fsp3) is 0.389. The van der Waals surface area contributed by atoms with Crippen LogP contribution in [0.4, 0.5) is 16.3 Å². The van der Waals surface area contributed by atoms with Gasteiger partial charge in [-0.05, 0) is 35.0 Å². The third-order valence-electron chi connectivity index (χ3n) is 4.45. The smallest absolute Gasteiger partial charge is 0.409 e. The Bertz CT molecular complexity index is 1060. The Morgan fingerprint density at radius 3 is 2.56 bits per heavy atom. The maximum atomic E-state index is 12.5. The van der Waals surface area contributed by atoms with Crippen molar-refractivity contribution in [1.82, 2.24) is 19.8 Å². The summed E-state index contributed by atoms with van der Waals surface area (Å²) in [5.74, 6) is -1.00. The molecule has 0 aliphatic carbocycles. The Morgan fingerprint density at radius 1 is 1.28 bits per heavy atom. The number of H-pyrrole nitrogens is 1. The predicted molar refractivity (Wildman–Crippen MR) is 120 cm³/mol. The van der Waals surface area contributed by atoms with Crippen molar-refractivity contribution in [2.45, 2.75) is 12.1 Å². The first-order valence-corrected chi connectivity index (χ1v) is 11.3. The number of anilines is 2. The van der Waals surface area contributed by atoms with Crippen LogP contribution in [0.25, 0.3) is 0 Å². The lowest BCUT2D eigenvalue weighted by Gasteiger charge is -2.34. The number of hydrogen-bond acceptors (Lipinski definition) is 9. The van der Waals surface area contributed by atoms with Gasteiger partial charge in [0.25, 0.3) is 11.5 Å². The van der Waals surface area contributed by atoms with Crippen molar-refractivity contribution in [3.05, 3.63) is 32.9 Å². The van der Waals surface area contributed by atoms with Gasteiger partial charge in [0.2, 0.25) is 5.91 Å². The van der Waals surface area contributed by atoms with Crippen LogP contribution in [0.1, 0.15) is 17.5 Å². The molecule has 0 atom stereocenters. The summed E-state index contributed by atoms with van der Waals surface area (Å²) in [6, 6.07) is 2.97. The number of carbonyl (C=O) groups is 3. The minimum atomic E-state index is -0.660. The van der Waals surface area contributed by atoms with E-state index in [4.69, 9.17) is 14.9 Å². The summed E-state index contributed by atoms with van der Waals surface area (Å²) in [4.78, 5) is 58.4. The summed E-state index contributed by atoms with van der Waals surface area (Å²) in [5.41, 5.74) is 4.96. The molecule has 32 heavy (non-hydrogen) atoms. The molecule has 0 radical (unpaired) electrons. The highest BCUT2D eigenvalue weighted by Gasteiger charge is 2.25. The number of thioether (sulfide) groups is 1. The summed E-state index contributed by atoms with van der Waals surface area (Å²) < 4.78 is 10.5. The first kappa shape index (κ1) is 23.7. The number of nitrogens with one attached hydrogen (secondary N) is 2. The summed E-state index contributed by atoms with van der Waals surface area (Å²) in [7, 11) is 0. The van der Waals surface area contributed by atoms with Gasteiger partial charge in [0.1, 0.15) is 0 Å². The van der Waals surface area contributed by atoms with Gasteiger partial charge in [0, 0.05) is 26.2 Å². The van der Waals surface area contributed by atoms with Crippen molar-refractivity contribution in [1.29, 1.82) is 0 Å². The molecule has 0 unspecified atom stereocenters. The maximum absolute atomic E-state index is 12.5. The quantitative estimate of drug-likeness (QED) is 0.370. The topological polar surface area (TPSA) is 164 Å². The van der Waals surface area contributed by atoms with Gasteiger partial charge in [0.05, 0.1) is 12.4 Å². The van der Waals surface area contributed by atoms with Crippen LogP contribution in [0, 0.1) is 0 Å². The average molecular weight is 529 g/mol. The zero-order chi connectivity index (χ0) is 23.3. The van der Waals surface area contributed by atoms with Crippen molar-refractivity contribution in [3.8, 4) is 0 Å². The minimum Gasteiger partial charge on any atom is -0.450 e. The fourth-order valence-corrected chi connectivity index (χ4v) is 3.92. The predicted octanol–water partition coefficient (Wildman–Crippen LogP) is 1.35. The number of carbonyl (C=O) groups excluding carboxylic acids is 3. The van der Waals surface area contributed by atoms with Crippen molar-refractivity contribution in [2.75, 3.05) is 49.6 Å². The average Bonchev–Trinajstić information content (AvgIpc) is 3.21.